The van der Waals surface area contributed by atoms with Crippen molar-refractivity contribution in [3.8, 4) is 0 Å². The molecule has 0 saturated carbocycles. The van der Waals surface area contributed by atoms with Crippen LogP contribution < -0.4 is 69.3 Å². The largest absolute Gasteiger partial charge is 1.00 e. The zero-order valence-corrected chi connectivity index (χ0v) is 30.8. The summed E-state index contributed by atoms with van der Waals surface area (Å²) < 4.78 is 24.2. The van der Waals surface area contributed by atoms with E-state index in [2.05, 4.69) is 0 Å². The van der Waals surface area contributed by atoms with E-state index in [0.717, 1.165) is 0 Å². The van der Waals surface area contributed by atoms with Crippen LogP contribution in [-0.2, 0) is 28.3 Å². The molecule has 44 heavy (non-hydrogen) atoms. The number of benzene rings is 2. The van der Waals surface area contributed by atoms with Crippen LogP contribution in [0.3, 0.4) is 0 Å². The molecule has 2 N–H and O–H groups in total. The van der Waals surface area contributed by atoms with Gasteiger partial charge in [0.05, 0.1) is 36.3 Å². The first-order valence-corrected chi connectivity index (χ1v) is 16.9. The molecule has 2 aromatic rings. The number of aliphatic carboxylic acids is 2. The molecule has 0 aromatic heterocycles. The topological polar surface area (TPSA) is 195 Å². The molecule has 228 valence electrons. The average Bonchev–Trinajstić information content (AvgIpc) is 3.68. The van der Waals surface area contributed by atoms with E-state index in [1.807, 2.05) is 0 Å². The van der Waals surface area contributed by atoms with Crippen LogP contribution in [0.25, 0.3) is 0 Å². The van der Waals surface area contributed by atoms with E-state index in [1.165, 1.54) is 9.80 Å². The quantitative estimate of drug-likeness (QED) is 0.182. The van der Waals surface area contributed by atoms with Gasteiger partial charge >= 0.3 is 59.1 Å². The van der Waals surface area contributed by atoms with E-state index < -0.39 is 63.1 Å². The normalized spacial score (nSPS) is 20.0. The second kappa shape index (κ2) is 20.0. The molecule has 12 nitrogen and oxygen atoms in total. The van der Waals surface area contributed by atoms with Crippen LogP contribution in [-0.4, -0.2) is 81.3 Å². The van der Waals surface area contributed by atoms with Crippen molar-refractivity contribution in [1.82, 2.24) is 9.80 Å². The molecule has 2 aliphatic heterocycles. The van der Waals surface area contributed by atoms with Crippen LogP contribution in [0.2, 0.25) is 0 Å². The number of carboxylic acid groups (broad SMARTS) is 2. The van der Waals surface area contributed by atoms with Crippen LogP contribution in [0.1, 0.15) is 48.5 Å². The van der Waals surface area contributed by atoms with E-state index in [0.29, 0.717) is 49.9 Å². The van der Waals surface area contributed by atoms with E-state index in [9.17, 15) is 48.7 Å². The van der Waals surface area contributed by atoms with Gasteiger partial charge in [-0.3, -0.25) is 9.59 Å². The number of aliphatic hydroxyl groups excluding tert-OH is 2. The minimum Gasteiger partial charge on any atom is -0.548 e. The Hall–Kier alpha value is -1.30. The molecule has 0 radical (unpaired) electrons. The SMILES string of the molecule is O=C([O-])[C@@H]1CCCN1C(=O)C[PH](=O)C(O)c1ccccc1.O=C([O-])[C@@H]1CCCN1C(=O)C[PH](=O)C(O)c1ccccc1.[Na+].[Na+]. The van der Waals surface area contributed by atoms with E-state index in [4.69, 9.17) is 0 Å². The number of carboxylic acids is 2. The van der Waals surface area contributed by atoms with Crippen molar-refractivity contribution < 1.29 is 108 Å². The van der Waals surface area contributed by atoms with Crippen LogP contribution in [0.5, 0.6) is 0 Å². The van der Waals surface area contributed by atoms with Gasteiger partial charge in [0, 0.05) is 13.1 Å². The van der Waals surface area contributed by atoms with Gasteiger partial charge in [0.1, 0.15) is 27.3 Å². The Balaban J connectivity index is 0.000000421. The number of nitrogens with zero attached hydrogens (tertiary/aromatic N) is 2. The maximum Gasteiger partial charge on any atom is 1.00 e. The fourth-order valence-electron chi connectivity index (χ4n) is 4.96. The molecule has 2 aliphatic rings. The second-order valence-electron chi connectivity index (χ2n) is 10.0. The first kappa shape index (κ1) is 40.7. The van der Waals surface area contributed by atoms with Crippen molar-refractivity contribution in [2.24, 2.45) is 0 Å². The van der Waals surface area contributed by atoms with E-state index in [-0.39, 0.29) is 71.4 Å². The third kappa shape index (κ3) is 11.5. The molecule has 2 heterocycles. The molecule has 2 saturated heterocycles. The third-order valence-corrected chi connectivity index (χ3v) is 10.4. The maximum absolute atomic E-state index is 12.1. The number of carbonyl (C=O) groups excluding carboxylic acids is 4. The summed E-state index contributed by atoms with van der Waals surface area (Å²) in [5.41, 5.74) is 0.985. The molecule has 2 aromatic carbocycles. The van der Waals surface area contributed by atoms with Crippen LogP contribution in [0.4, 0.5) is 0 Å². The Morgan fingerprint density at radius 3 is 1.30 bits per heavy atom. The zero-order chi connectivity index (χ0) is 30.8. The summed E-state index contributed by atoms with van der Waals surface area (Å²) in [6.07, 6.45) is 1.24. The molecule has 2 amide bonds. The van der Waals surface area contributed by atoms with Crippen molar-refractivity contribution >= 4 is 39.4 Å². The first-order valence-electron chi connectivity index (χ1n) is 13.5. The van der Waals surface area contributed by atoms with Crippen molar-refractivity contribution in [3.63, 3.8) is 0 Å². The van der Waals surface area contributed by atoms with Gasteiger partial charge in [0.15, 0.2) is 0 Å². The number of likely N-dealkylation sites (tertiary alicyclic amines) is 2. The van der Waals surface area contributed by atoms with Crippen molar-refractivity contribution in [2.45, 2.75) is 49.5 Å². The van der Waals surface area contributed by atoms with Gasteiger partial charge in [0.2, 0.25) is 11.8 Å². The minimum absolute atomic E-state index is 0. The average molecular weight is 667 g/mol. The fraction of sp³-hybridized carbons (Fsp3) is 0.429. The van der Waals surface area contributed by atoms with Crippen molar-refractivity contribution in [3.05, 3.63) is 71.8 Å². The third-order valence-electron chi connectivity index (χ3n) is 7.18. The van der Waals surface area contributed by atoms with Gasteiger partial charge in [-0.05, 0) is 36.8 Å². The molecule has 0 spiro atoms. The monoisotopic (exact) mass is 666 g/mol. The maximum atomic E-state index is 12.1. The Labute approximate surface area is 301 Å². The van der Waals surface area contributed by atoms with Gasteiger partial charge < -0.3 is 48.9 Å². The Bertz CT molecular complexity index is 1210. The van der Waals surface area contributed by atoms with Crippen molar-refractivity contribution in [1.29, 1.82) is 0 Å². The summed E-state index contributed by atoms with van der Waals surface area (Å²) in [4.78, 5) is 48.4. The van der Waals surface area contributed by atoms with Gasteiger partial charge in [-0.15, -0.1) is 0 Å². The summed E-state index contributed by atoms with van der Waals surface area (Å²) in [6.45, 7) is 0.655. The number of hydrogen-bond acceptors (Lipinski definition) is 10. The zero-order valence-electron chi connectivity index (χ0n) is 24.8. The smallest absolute Gasteiger partial charge is 0.548 e. The van der Waals surface area contributed by atoms with Crippen LogP contribution in [0, 0.1) is 0 Å². The minimum atomic E-state index is -2.60. The van der Waals surface area contributed by atoms with E-state index >= 15 is 0 Å². The number of carbonyl (C=O) groups is 4. The number of aliphatic hydroxyl groups is 2. The predicted octanol–water partition coefficient (Wildman–Crippen LogP) is -6.04. The molecule has 4 unspecified atom stereocenters. The molecule has 4 rings (SSSR count). The number of hydrogen-bond donors (Lipinski definition) is 2. The van der Waals surface area contributed by atoms with Gasteiger partial charge in [0.25, 0.3) is 0 Å². The van der Waals surface area contributed by atoms with Gasteiger partial charge in [-0.1, -0.05) is 60.7 Å². The Morgan fingerprint density at radius 2 is 1.00 bits per heavy atom. The summed E-state index contributed by atoms with van der Waals surface area (Å²) in [5.74, 6) is -5.96. The molecule has 2 fully saturated rings. The van der Waals surface area contributed by atoms with Crippen LogP contribution >= 0.6 is 15.6 Å². The summed E-state index contributed by atoms with van der Waals surface area (Å²) in [6, 6.07) is 15.0. The van der Waals surface area contributed by atoms with Crippen LogP contribution in [0.15, 0.2) is 60.7 Å². The standard InChI is InChI=1S/2C14H18NO5P.2Na/c2*16-12(15-8-4-7-11(15)13(17)18)9-21(20)14(19)10-5-2-1-3-6-10;;/h2*1-3,5-6,11,14,19,21H,4,7-9H2,(H,17,18);;/q;;2*+1/p-2/t2*11-,14?;;/m00../s1. The Morgan fingerprint density at radius 1 is 0.682 bits per heavy atom. The van der Waals surface area contributed by atoms with E-state index in [1.54, 1.807) is 60.7 Å². The number of rotatable bonds is 10. The van der Waals surface area contributed by atoms with Gasteiger partial charge in [-0.2, -0.15) is 0 Å². The molecular weight excluding hydrogens is 632 g/mol. The molecule has 0 aliphatic carbocycles. The molecule has 6 atom stereocenters. The summed E-state index contributed by atoms with van der Waals surface area (Å²) in [5, 5.41) is 41.8. The number of amides is 2. The molecule has 0 bridgehead atoms. The summed E-state index contributed by atoms with van der Waals surface area (Å²) in [7, 11) is -5.21. The van der Waals surface area contributed by atoms with Gasteiger partial charge in [-0.25, -0.2) is 0 Å². The molecule has 16 heteroatoms. The fourth-order valence-corrected chi connectivity index (χ4v) is 7.48. The van der Waals surface area contributed by atoms with Crippen molar-refractivity contribution in [2.75, 3.05) is 25.4 Å². The predicted molar refractivity (Wildman–Crippen MR) is 150 cm³/mol. The Kier molecular flexibility index (Phi) is 18.6. The second-order valence-corrected chi connectivity index (χ2v) is 13.7. The summed E-state index contributed by atoms with van der Waals surface area (Å²) >= 11 is 0. The molecular formula is C28H34N2Na2O10P2. The first-order chi connectivity index (χ1) is 20.0.